The summed E-state index contributed by atoms with van der Waals surface area (Å²) in [4.78, 5) is 58.8. The molecule has 6 rings (SSSR count). The molecule has 4 aliphatic heterocycles. The second-order valence-corrected chi connectivity index (χ2v) is 15.7. The lowest BCUT2D eigenvalue weighted by atomic mass is 9.78. The third-order valence-electron chi connectivity index (χ3n) is 11.5. The number of hydrogen-bond acceptors (Lipinski definition) is 13. The smallest absolute Gasteiger partial charge is 0.312 e. The van der Waals surface area contributed by atoms with Gasteiger partial charge >= 0.3 is 5.79 Å². The van der Waals surface area contributed by atoms with Crippen molar-refractivity contribution >= 4 is 29.5 Å². The van der Waals surface area contributed by atoms with Crippen LogP contribution in [0.15, 0.2) is 52.5 Å². The maximum absolute atomic E-state index is 14.5. The van der Waals surface area contributed by atoms with Crippen LogP contribution in [0.4, 0.5) is 0 Å². The van der Waals surface area contributed by atoms with Gasteiger partial charge in [-0.05, 0) is 65.0 Å². The van der Waals surface area contributed by atoms with Crippen molar-refractivity contribution in [1.29, 1.82) is 0 Å². The van der Waals surface area contributed by atoms with Crippen LogP contribution in [0.1, 0.15) is 111 Å². The molecule has 5 aliphatic rings. The van der Waals surface area contributed by atoms with Crippen LogP contribution in [0, 0.1) is 24.7 Å². The number of aliphatic hydroxyl groups is 3. The van der Waals surface area contributed by atoms with E-state index >= 15 is 0 Å². The Morgan fingerprint density at radius 1 is 0.965 bits per heavy atom. The van der Waals surface area contributed by atoms with Gasteiger partial charge in [-0.25, -0.2) is 0 Å². The molecule has 1 amide bonds. The van der Waals surface area contributed by atoms with Gasteiger partial charge in [-0.15, -0.1) is 0 Å². The quantitative estimate of drug-likeness (QED) is 0.262. The molecule has 312 valence electrons. The van der Waals surface area contributed by atoms with E-state index < -0.39 is 69.8 Å². The Balaban J connectivity index is 0.00000354. The number of rotatable bonds is 2. The van der Waals surface area contributed by atoms with Crippen LogP contribution >= 0.6 is 0 Å². The number of ether oxygens (including phenoxy) is 2. The number of hydrogen-bond donors (Lipinski definition) is 5. The molecule has 5 N–H and O–H groups in total. The number of Topliss-reactive ketones (excluding diaryl/α,β-unsaturated/α-hetero) is 3. The van der Waals surface area contributed by atoms with Crippen molar-refractivity contribution in [3.05, 3.63) is 69.7 Å². The SMILES string of the molecule is C/C1=C/C=C/C(C)(O)C(C)C[C@@H](C)C(O)[C@@H](C)C(O)CC/C=C/OC2(C)Oc3c(C)c(O)c4c(c3C2=O)C(=O)C(/C=N/N2CCN(C)CC2)=C(NC1=O)C4=O.CC. The van der Waals surface area contributed by atoms with Gasteiger partial charge in [0.25, 0.3) is 11.7 Å². The van der Waals surface area contributed by atoms with Crippen molar-refractivity contribution in [2.75, 3.05) is 33.2 Å². The van der Waals surface area contributed by atoms with Crippen molar-refractivity contribution < 1.29 is 49.1 Å². The maximum atomic E-state index is 14.5. The monoisotopic (exact) mass is 792 g/mol. The fourth-order valence-corrected chi connectivity index (χ4v) is 7.27. The van der Waals surface area contributed by atoms with Gasteiger partial charge in [0.05, 0.1) is 52.5 Å². The number of piperazine rings is 1. The summed E-state index contributed by atoms with van der Waals surface area (Å²) >= 11 is 0. The average Bonchev–Trinajstić information content (AvgIpc) is 3.44. The highest BCUT2D eigenvalue weighted by Gasteiger charge is 2.52. The molecule has 4 heterocycles. The molecule has 14 heteroatoms. The first-order valence-electron chi connectivity index (χ1n) is 19.8. The molecule has 0 aromatic heterocycles. The molecule has 0 spiro atoms. The number of fused-ring (bicyclic) bond motifs is 15. The van der Waals surface area contributed by atoms with Crippen LogP contribution in [0.25, 0.3) is 0 Å². The topological polar surface area (TPSA) is 199 Å². The lowest BCUT2D eigenvalue weighted by Gasteiger charge is -2.33. The van der Waals surface area contributed by atoms with Crippen molar-refractivity contribution in [1.82, 2.24) is 15.2 Å². The predicted octanol–water partition coefficient (Wildman–Crippen LogP) is 4.60. The average molecular weight is 793 g/mol. The number of phenols is 1. The van der Waals surface area contributed by atoms with Gasteiger partial charge in [0, 0.05) is 50.2 Å². The van der Waals surface area contributed by atoms with Gasteiger partial charge in [0.15, 0.2) is 5.78 Å². The highest BCUT2D eigenvalue weighted by Crippen LogP contribution is 2.48. The minimum Gasteiger partial charge on any atom is -0.507 e. The number of carbonyl (C=O) groups is 4. The van der Waals surface area contributed by atoms with Crippen LogP contribution in [0.3, 0.4) is 0 Å². The molecule has 5 bridgehead atoms. The third kappa shape index (κ3) is 9.41. The zero-order chi connectivity index (χ0) is 42.6. The molecular formula is C43H60N4O10. The third-order valence-corrected chi connectivity index (χ3v) is 11.5. The highest BCUT2D eigenvalue weighted by molar-refractivity contribution is 6.37. The molecule has 1 aromatic rings. The standard InChI is InChI=1S/C41H54N4O10.C2H6/c1-22-12-11-14-40(6,53)24(3)20-23(2)33(47)25(4)28(46)13-9-10-19-54-41(7)38(51)31-29-30(34(48)26(5)37(31)55-41)36(50)32(43-39(22)52)27(35(29)49)21-42-45-17-15-44(8)16-18-45;1-2/h10-12,14,19,21,23-25,28,33,46-48,53H,9,13,15-18,20H2,1-8H3,(H,43,52);1-2H3/b14-11+,19-10+,22-12-,42-21+;/t23-,24?,25+,28?,33?,40?,41?;/m1./s1. The first kappa shape index (κ1) is 45.1. The number of nitrogens with one attached hydrogen (secondary N) is 1. The van der Waals surface area contributed by atoms with E-state index in [4.69, 9.17) is 9.47 Å². The van der Waals surface area contributed by atoms with Gasteiger partial charge in [0.1, 0.15) is 17.2 Å². The van der Waals surface area contributed by atoms with Gasteiger partial charge in [-0.3, -0.25) is 24.2 Å². The minimum atomic E-state index is -1.97. The lowest BCUT2D eigenvalue weighted by molar-refractivity contribution is -0.116. The Morgan fingerprint density at radius 2 is 1.61 bits per heavy atom. The van der Waals surface area contributed by atoms with E-state index in [0.717, 1.165) is 0 Å². The number of phenolic OH excluding ortho intramolecular Hbond substituents is 1. The molecule has 5 unspecified atom stereocenters. The molecule has 7 atom stereocenters. The minimum absolute atomic E-state index is 0.0219. The van der Waals surface area contributed by atoms with E-state index in [9.17, 15) is 39.6 Å². The number of amides is 1. The number of benzene rings is 1. The van der Waals surface area contributed by atoms with Crippen molar-refractivity contribution in [2.24, 2.45) is 22.9 Å². The Morgan fingerprint density at radius 3 is 2.26 bits per heavy atom. The summed E-state index contributed by atoms with van der Waals surface area (Å²) in [6, 6.07) is 0. The maximum Gasteiger partial charge on any atom is 0.312 e. The van der Waals surface area contributed by atoms with Gasteiger partial charge in [-0.1, -0.05) is 52.8 Å². The fraction of sp³-hybridized carbons (Fsp3) is 0.558. The van der Waals surface area contributed by atoms with Gasteiger partial charge in [0.2, 0.25) is 5.78 Å². The highest BCUT2D eigenvalue weighted by atomic mass is 16.7. The molecule has 0 saturated carbocycles. The summed E-state index contributed by atoms with van der Waals surface area (Å²) in [5, 5.41) is 53.5. The number of ketones is 3. The number of aliphatic hydroxyl groups excluding tert-OH is 2. The Bertz CT molecular complexity index is 1890. The predicted molar refractivity (Wildman–Crippen MR) is 216 cm³/mol. The summed E-state index contributed by atoms with van der Waals surface area (Å²) in [5.74, 6) is -7.00. The second kappa shape index (κ2) is 18.3. The summed E-state index contributed by atoms with van der Waals surface area (Å²) < 4.78 is 11.8. The van der Waals surface area contributed by atoms with Gasteiger partial charge < -0.3 is 40.1 Å². The number of aromatic hydroxyl groups is 1. The van der Waals surface area contributed by atoms with E-state index in [1.54, 1.807) is 24.9 Å². The number of nitrogens with zero attached hydrogens (tertiary/aromatic N) is 3. The number of carbonyl (C=O) groups excluding carboxylic acids is 4. The largest absolute Gasteiger partial charge is 0.507 e. The number of hydrazone groups is 1. The molecule has 1 aliphatic carbocycles. The zero-order valence-corrected chi connectivity index (χ0v) is 34.9. The number of allylic oxidation sites excluding steroid dienone is 5. The molecule has 14 nitrogen and oxygen atoms in total. The number of likely N-dealkylation sites (N-methyl/N-ethyl adjacent to an activating group) is 1. The lowest BCUT2D eigenvalue weighted by Crippen LogP contribution is -2.42. The Kier molecular flexibility index (Phi) is 14.5. The molecule has 1 fully saturated rings. The second-order valence-electron chi connectivity index (χ2n) is 15.7. The normalized spacial score (nSPS) is 32.8. The van der Waals surface area contributed by atoms with Crippen LogP contribution in [-0.2, 0) is 9.53 Å². The molecular weight excluding hydrogens is 732 g/mol. The van der Waals surface area contributed by atoms with E-state index in [1.165, 1.54) is 51.5 Å². The van der Waals surface area contributed by atoms with E-state index in [-0.39, 0.29) is 51.8 Å². The van der Waals surface area contributed by atoms with Crippen molar-refractivity contribution in [3.8, 4) is 11.5 Å². The fourth-order valence-electron chi connectivity index (χ4n) is 7.27. The zero-order valence-electron chi connectivity index (χ0n) is 34.9. The van der Waals surface area contributed by atoms with Crippen molar-refractivity contribution in [2.45, 2.75) is 105 Å². The Hall–Kier alpha value is -4.63. The van der Waals surface area contributed by atoms with E-state index in [1.807, 2.05) is 34.7 Å². The summed E-state index contributed by atoms with van der Waals surface area (Å²) in [7, 11) is 1.97. The van der Waals surface area contributed by atoms with Crippen LogP contribution in [0.2, 0.25) is 0 Å². The molecule has 1 saturated heterocycles. The summed E-state index contributed by atoms with van der Waals surface area (Å²) in [6.07, 6.45) is 7.85. The van der Waals surface area contributed by atoms with E-state index in [0.29, 0.717) is 39.0 Å². The summed E-state index contributed by atoms with van der Waals surface area (Å²) in [6.45, 7) is 17.9. The van der Waals surface area contributed by atoms with Crippen LogP contribution in [0.5, 0.6) is 11.5 Å². The molecule has 0 radical (unpaired) electrons. The van der Waals surface area contributed by atoms with E-state index in [2.05, 4.69) is 15.3 Å². The van der Waals surface area contributed by atoms with Crippen molar-refractivity contribution in [3.63, 3.8) is 0 Å². The van der Waals surface area contributed by atoms with Crippen LogP contribution < -0.4 is 10.1 Å². The first-order valence-corrected chi connectivity index (χ1v) is 19.8. The van der Waals surface area contributed by atoms with Crippen LogP contribution in [-0.4, -0.2) is 117 Å². The molecule has 1 aromatic carbocycles. The molecule has 57 heavy (non-hydrogen) atoms. The first-order chi connectivity index (χ1) is 26.8. The summed E-state index contributed by atoms with van der Waals surface area (Å²) in [5.41, 5.74) is -2.97. The Labute approximate surface area is 335 Å². The van der Waals surface area contributed by atoms with Gasteiger partial charge in [-0.2, -0.15) is 5.10 Å².